The molecule has 1 heterocycles. The van der Waals surface area contributed by atoms with Crippen molar-refractivity contribution in [2.75, 3.05) is 5.73 Å². The summed E-state index contributed by atoms with van der Waals surface area (Å²) in [4.78, 5) is 12.0. The van der Waals surface area contributed by atoms with Crippen molar-refractivity contribution in [2.24, 2.45) is 0 Å². The summed E-state index contributed by atoms with van der Waals surface area (Å²) in [6, 6.07) is 9.94. The molecule has 2 aromatic rings. The van der Waals surface area contributed by atoms with Crippen molar-refractivity contribution in [1.29, 1.82) is 5.41 Å². The first-order chi connectivity index (χ1) is 7.13. The van der Waals surface area contributed by atoms with Gasteiger partial charge in [0.1, 0.15) is 5.82 Å². The Morgan fingerprint density at radius 1 is 1.47 bits per heavy atom. The van der Waals surface area contributed by atoms with Crippen LogP contribution in [0.4, 0.5) is 5.82 Å². The van der Waals surface area contributed by atoms with Gasteiger partial charge in [-0.15, -0.1) is 0 Å². The van der Waals surface area contributed by atoms with E-state index in [-0.39, 0.29) is 6.29 Å². The highest BCUT2D eigenvalue weighted by Gasteiger charge is 1.92. The lowest BCUT2D eigenvalue weighted by atomic mass is 10.3. The number of para-hydroxylation sites is 1. The Labute approximate surface area is 86.0 Å². The maximum absolute atomic E-state index is 9.11. The molecule has 2 rings (SSSR count). The third-order valence-corrected chi connectivity index (χ3v) is 1.66. The summed E-state index contributed by atoms with van der Waals surface area (Å²) in [7, 11) is 0. The van der Waals surface area contributed by atoms with Crippen molar-refractivity contribution in [3.05, 3.63) is 30.3 Å². The number of benzene rings is 1. The van der Waals surface area contributed by atoms with E-state index in [1.807, 2.05) is 30.3 Å². The second kappa shape index (κ2) is 4.80. The summed E-state index contributed by atoms with van der Waals surface area (Å²) in [6.07, 6.45) is -0.0556. The van der Waals surface area contributed by atoms with Crippen molar-refractivity contribution in [3.63, 3.8) is 0 Å². The molecule has 5 heteroatoms. The van der Waals surface area contributed by atoms with Crippen molar-refractivity contribution in [1.82, 2.24) is 4.98 Å². The zero-order valence-corrected chi connectivity index (χ0v) is 7.86. The molecule has 0 aliphatic heterocycles. The van der Waals surface area contributed by atoms with Crippen LogP contribution in [0.25, 0.3) is 10.9 Å². The van der Waals surface area contributed by atoms with Gasteiger partial charge in [0.25, 0.3) is 0 Å². The van der Waals surface area contributed by atoms with Crippen molar-refractivity contribution < 1.29 is 9.90 Å². The number of hydrogen-bond acceptors (Lipinski definition) is 4. The first kappa shape index (κ1) is 10.8. The van der Waals surface area contributed by atoms with Crippen LogP contribution >= 0.6 is 0 Å². The molecule has 0 spiro atoms. The zero-order chi connectivity index (χ0) is 11.3. The van der Waals surface area contributed by atoms with E-state index in [1.165, 1.54) is 5.39 Å². The first-order valence-corrected chi connectivity index (χ1v) is 4.17. The molecule has 1 aromatic heterocycles. The number of carbonyl (C=O) groups excluding carboxylic acids is 1. The number of nitrogen functional groups attached to an aromatic ring is 1. The molecule has 0 radical (unpaired) electrons. The van der Waals surface area contributed by atoms with E-state index in [0.29, 0.717) is 0 Å². The molecule has 15 heavy (non-hydrogen) atoms. The Kier molecular flexibility index (Phi) is 3.45. The van der Waals surface area contributed by atoms with Crippen LogP contribution in [-0.4, -0.2) is 17.2 Å². The molecule has 0 aliphatic rings. The quantitative estimate of drug-likeness (QED) is 0.352. The molecule has 0 saturated carbocycles. The van der Waals surface area contributed by atoms with E-state index >= 15 is 0 Å². The summed E-state index contributed by atoms with van der Waals surface area (Å²) < 4.78 is 0. The molecule has 0 saturated heterocycles. The Morgan fingerprint density at radius 3 is 2.60 bits per heavy atom. The number of nitrogens with two attached hydrogens (primary N) is 1. The predicted octanol–water partition coefficient (Wildman–Crippen LogP) is 0.273. The summed E-state index contributed by atoms with van der Waals surface area (Å²) in [5.74, 6) is -0.453. The average Bonchev–Trinajstić information content (AvgIpc) is 2.58. The Morgan fingerprint density at radius 2 is 2.07 bits per heavy atom. The summed E-state index contributed by atoms with van der Waals surface area (Å²) in [6.45, 7) is 0. The second-order valence-electron chi connectivity index (χ2n) is 2.79. The summed E-state index contributed by atoms with van der Waals surface area (Å²) in [5.41, 5.74) is 6.63. The topological polar surface area (TPSA) is 106 Å². The number of fused-ring (bicyclic) bond motifs is 1. The number of aldehydes is 1. The average molecular weight is 204 g/mol. The highest BCUT2D eigenvalue weighted by Crippen LogP contribution is 2.14. The first-order valence-electron chi connectivity index (χ1n) is 4.17. The lowest BCUT2D eigenvalue weighted by molar-refractivity contribution is -0.216. The Balaban J connectivity index is 0.000000195. The smallest absolute Gasteiger partial charge is 0.152 e. The van der Waals surface area contributed by atoms with Crippen LogP contribution in [0.3, 0.4) is 0 Å². The lowest BCUT2D eigenvalue weighted by Gasteiger charge is -1.87. The van der Waals surface area contributed by atoms with Crippen LogP contribution in [0.5, 0.6) is 0 Å². The standard InChI is InChI=1S/C8H8N2.C2H3NO2/c9-8-5-6-3-1-2-4-7(6)10-8;3-2(5)1-4/h1-5,10H,9H2;1H,(H2,3,5)/p-1. The molecule has 78 valence electrons. The zero-order valence-electron chi connectivity index (χ0n) is 7.86. The number of anilines is 1. The monoisotopic (exact) mass is 204 g/mol. The van der Waals surface area contributed by atoms with Crippen LogP contribution in [0.1, 0.15) is 0 Å². The predicted molar refractivity (Wildman–Crippen MR) is 56.5 cm³/mol. The van der Waals surface area contributed by atoms with Gasteiger partial charge in [0, 0.05) is 16.8 Å². The van der Waals surface area contributed by atoms with Crippen LogP contribution in [0, 0.1) is 5.41 Å². The summed E-state index contributed by atoms with van der Waals surface area (Å²) >= 11 is 0. The molecular formula is C10H10N3O2-. The van der Waals surface area contributed by atoms with E-state index in [4.69, 9.17) is 21.0 Å². The molecule has 0 atom stereocenters. The Hall–Kier alpha value is -2.30. The van der Waals surface area contributed by atoms with E-state index in [9.17, 15) is 0 Å². The van der Waals surface area contributed by atoms with Gasteiger partial charge in [0.05, 0.1) is 0 Å². The highest BCUT2D eigenvalue weighted by molar-refractivity contribution is 6.19. The van der Waals surface area contributed by atoms with Crippen molar-refractivity contribution in [3.8, 4) is 0 Å². The third-order valence-electron chi connectivity index (χ3n) is 1.66. The fourth-order valence-electron chi connectivity index (χ4n) is 1.10. The van der Waals surface area contributed by atoms with Gasteiger partial charge in [-0.2, -0.15) is 0 Å². The van der Waals surface area contributed by atoms with E-state index in [1.54, 1.807) is 0 Å². The van der Waals surface area contributed by atoms with Crippen molar-refractivity contribution in [2.45, 2.75) is 0 Å². The number of rotatable bonds is 1. The largest absolute Gasteiger partial charge is 0.857 e. The van der Waals surface area contributed by atoms with Gasteiger partial charge in [0.2, 0.25) is 0 Å². The van der Waals surface area contributed by atoms with Gasteiger partial charge >= 0.3 is 0 Å². The molecule has 0 bridgehead atoms. The SMILES string of the molecule is N=C([O-])C=O.Nc1cc2ccccc2[nH]1. The van der Waals surface area contributed by atoms with Gasteiger partial charge in [-0.25, -0.2) is 0 Å². The number of hydrogen-bond donors (Lipinski definition) is 3. The molecule has 0 aliphatic carbocycles. The maximum Gasteiger partial charge on any atom is 0.152 e. The molecular weight excluding hydrogens is 194 g/mol. The molecule has 0 unspecified atom stereocenters. The van der Waals surface area contributed by atoms with Crippen LogP contribution < -0.4 is 10.8 Å². The summed E-state index contributed by atoms with van der Waals surface area (Å²) in [5, 5.41) is 16.1. The van der Waals surface area contributed by atoms with Gasteiger partial charge in [-0.05, 0) is 12.1 Å². The molecule has 5 nitrogen and oxygen atoms in total. The van der Waals surface area contributed by atoms with E-state index in [0.717, 1.165) is 11.3 Å². The molecule has 1 aromatic carbocycles. The van der Waals surface area contributed by atoms with Gasteiger partial charge in [-0.1, -0.05) is 18.2 Å². The van der Waals surface area contributed by atoms with Gasteiger partial charge in [-0.3, -0.25) is 4.79 Å². The van der Waals surface area contributed by atoms with Crippen molar-refractivity contribution >= 4 is 28.9 Å². The van der Waals surface area contributed by atoms with Crippen LogP contribution in [0.2, 0.25) is 0 Å². The fraction of sp³-hybridized carbons (Fsp3) is 0. The third kappa shape index (κ3) is 3.15. The van der Waals surface area contributed by atoms with Gasteiger partial charge in [0.15, 0.2) is 6.29 Å². The fourth-order valence-corrected chi connectivity index (χ4v) is 1.10. The van der Waals surface area contributed by atoms with E-state index in [2.05, 4.69) is 4.98 Å². The minimum Gasteiger partial charge on any atom is -0.857 e. The maximum atomic E-state index is 9.11. The minimum absolute atomic E-state index is 0.0556. The second-order valence-corrected chi connectivity index (χ2v) is 2.79. The molecule has 0 amide bonds. The number of nitrogens with one attached hydrogen (secondary N) is 2. The Bertz CT molecular complexity index is 443. The number of aromatic amines is 1. The van der Waals surface area contributed by atoms with Gasteiger partial charge < -0.3 is 21.2 Å². The minimum atomic E-state index is -1.18. The number of H-pyrrole nitrogens is 1. The van der Waals surface area contributed by atoms with Crippen LogP contribution in [0.15, 0.2) is 30.3 Å². The molecule has 4 N–H and O–H groups in total. The molecule has 0 fully saturated rings. The lowest BCUT2D eigenvalue weighted by Crippen LogP contribution is -2.15. The number of carbonyl (C=O) groups is 1. The number of aromatic nitrogens is 1. The normalized spacial score (nSPS) is 9.07. The highest BCUT2D eigenvalue weighted by atomic mass is 16.3. The van der Waals surface area contributed by atoms with Crippen LogP contribution in [-0.2, 0) is 4.79 Å². The van der Waals surface area contributed by atoms with E-state index < -0.39 is 5.90 Å².